The van der Waals surface area contributed by atoms with Crippen molar-refractivity contribution in [1.29, 1.82) is 0 Å². The summed E-state index contributed by atoms with van der Waals surface area (Å²) in [6.07, 6.45) is 12.8. The fourth-order valence-electron chi connectivity index (χ4n) is 4.44. The molecule has 0 amide bonds. The Bertz CT molecular complexity index is 845. The van der Waals surface area contributed by atoms with Crippen molar-refractivity contribution in [3.63, 3.8) is 0 Å². The van der Waals surface area contributed by atoms with Gasteiger partial charge in [0.15, 0.2) is 0 Å². The Labute approximate surface area is 175 Å². The van der Waals surface area contributed by atoms with Gasteiger partial charge in [-0.05, 0) is 36.5 Å². The van der Waals surface area contributed by atoms with E-state index in [-0.39, 0.29) is 0 Å². The van der Waals surface area contributed by atoms with Gasteiger partial charge in [0.25, 0.3) is 0 Å². The lowest BCUT2D eigenvalue weighted by atomic mass is 9.85. The summed E-state index contributed by atoms with van der Waals surface area (Å²) in [6.45, 7) is 8.92. The number of nitrogens with zero attached hydrogens (tertiary/aromatic N) is 2. The molecular weight excluding hydrogens is 358 g/mol. The molecule has 1 aromatic carbocycles. The second-order valence-electron chi connectivity index (χ2n) is 8.22. The summed E-state index contributed by atoms with van der Waals surface area (Å²) >= 11 is 0. The largest absolute Gasteiger partial charge is 0.379 e. The molecule has 0 spiro atoms. The Balaban J connectivity index is 1.62. The van der Waals surface area contributed by atoms with Gasteiger partial charge in [0.2, 0.25) is 0 Å². The van der Waals surface area contributed by atoms with Gasteiger partial charge in [-0.25, -0.2) is 10.4 Å². The van der Waals surface area contributed by atoms with Crippen LogP contribution in [0, 0.1) is 12.8 Å². The van der Waals surface area contributed by atoms with Crippen LogP contribution < -0.4 is 5.43 Å². The van der Waals surface area contributed by atoms with Crippen molar-refractivity contribution in [2.75, 3.05) is 39.9 Å². The predicted molar refractivity (Wildman–Crippen MR) is 120 cm³/mol. The molecule has 0 radical (unpaired) electrons. The standard InChI is InChI=1S/C25H33N3O/c1-4-20-18-21(10-11-24(20)26-28-13-15-29-16-14-28)23-9-6-12-27(3)25(23)22-8-5-7-19(2)17-22/h5-11,17-18,20,24,26H,4,12-16H2,1-3H3. The van der Waals surface area contributed by atoms with E-state index in [0.29, 0.717) is 12.0 Å². The van der Waals surface area contributed by atoms with Crippen LogP contribution in [0.4, 0.5) is 0 Å². The maximum absolute atomic E-state index is 5.48. The quantitative estimate of drug-likeness (QED) is 0.823. The van der Waals surface area contributed by atoms with Crippen molar-refractivity contribution in [3.05, 3.63) is 76.9 Å². The van der Waals surface area contributed by atoms with Crippen LogP contribution in [0.15, 0.2) is 65.8 Å². The van der Waals surface area contributed by atoms with Crippen molar-refractivity contribution in [2.45, 2.75) is 26.3 Å². The van der Waals surface area contributed by atoms with Gasteiger partial charge in [0, 0.05) is 38.3 Å². The first-order chi connectivity index (χ1) is 14.2. The lowest BCUT2D eigenvalue weighted by Gasteiger charge is -2.35. The zero-order valence-electron chi connectivity index (χ0n) is 17.9. The molecule has 29 heavy (non-hydrogen) atoms. The van der Waals surface area contributed by atoms with Gasteiger partial charge in [-0.2, -0.15) is 0 Å². The third kappa shape index (κ3) is 4.55. The van der Waals surface area contributed by atoms with Gasteiger partial charge in [-0.1, -0.05) is 61.1 Å². The van der Waals surface area contributed by atoms with E-state index in [1.807, 2.05) is 0 Å². The van der Waals surface area contributed by atoms with Crippen LogP contribution in [0.5, 0.6) is 0 Å². The first-order valence-corrected chi connectivity index (χ1v) is 10.8. The number of allylic oxidation sites excluding steroid dienone is 4. The van der Waals surface area contributed by atoms with E-state index < -0.39 is 0 Å². The fraction of sp³-hybridized carbons (Fsp3) is 0.440. The van der Waals surface area contributed by atoms with Gasteiger partial charge >= 0.3 is 0 Å². The van der Waals surface area contributed by atoms with Gasteiger partial charge in [0.05, 0.1) is 18.9 Å². The van der Waals surface area contributed by atoms with E-state index in [0.717, 1.165) is 39.3 Å². The highest BCUT2D eigenvalue weighted by Crippen LogP contribution is 2.34. The third-order valence-corrected chi connectivity index (χ3v) is 6.06. The summed E-state index contributed by atoms with van der Waals surface area (Å²) in [4.78, 5) is 2.36. The average Bonchev–Trinajstić information content (AvgIpc) is 2.74. The Hall–Kier alpha value is -2.14. The Kier molecular flexibility index (Phi) is 6.34. The van der Waals surface area contributed by atoms with Crippen LogP contribution in [-0.4, -0.2) is 55.8 Å². The Morgan fingerprint density at radius 2 is 2.00 bits per heavy atom. The normalized spacial score (nSPS) is 25.5. The van der Waals surface area contributed by atoms with Crippen molar-refractivity contribution >= 4 is 5.70 Å². The molecule has 2 aliphatic heterocycles. The topological polar surface area (TPSA) is 27.7 Å². The molecule has 4 nitrogen and oxygen atoms in total. The zero-order chi connectivity index (χ0) is 20.2. The minimum Gasteiger partial charge on any atom is -0.379 e. The minimum absolute atomic E-state index is 0.343. The fourth-order valence-corrected chi connectivity index (χ4v) is 4.44. The van der Waals surface area contributed by atoms with Crippen molar-refractivity contribution in [2.24, 2.45) is 5.92 Å². The molecule has 4 rings (SSSR count). The smallest absolute Gasteiger partial charge is 0.0608 e. The van der Waals surface area contributed by atoms with Crippen molar-refractivity contribution in [1.82, 2.24) is 15.3 Å². The summed E-state index contributed by atoms with van der Waals surface area (Å²) < 4.78 is 5.48. The van der Waals surface area contributed by atoms with Gasteiger partial charge in [-0.15, -0.1) is 0 Å². The van der Waals surface area contributed by atoms with Crippen molar-refractivity contribution < 1.29 is 4.74 Å². The summed E-state index contributed by atoms with van der Waals surface area (Å²) in [6, 6.07) is 9.18. The van der Waals surface area contributed by atoms with Gasteiger partial charge in [0.1, 0.15) is 0 Å². The molecule has 0 bridgehead atoms. The second kappa shape index (κ2) is 9.12. The van der Waals surface area contributed by atoms with Gasteiger partial charge < -0.3 is 9.64 Å². The number of aryl methyl sites for hydroxylation is 1. The molecule has 0 saturated carbocycles. The molecule has 1 N–H and O–H groups in total. The van der Waals surface area contributed by atoms with Gasteiger partial charge in [-0.3, -0.25) is 0 Å². The molecule has 1 aliphatic carbocycles. The molecule has 1 saturated heterocycles. The highest BCUT2D eigenvalue weighted by atomic mass is 16.5. The van der Waals surface area contributed by atoms with Crippen LogP contribution in [0.25, 0.3) is 5.70 Å². The Morgan fingerprint density at radius 3 is 2.76 bits per heavy atom. The van der Waals surface area contributed by atoms with Crippen LogP contribution in [0.2, 0.25) is 0 Å². The van der Waals surface area contributed by atoms with Crippen LogP contribution in [-0.2, 0) is 4.74 Å². The molecular formula is C25H33N3O. The molecule has 0 aromatic heterocycles. The first-order valence-electron chi connectivity index (χ1n) is 10.8. The monoisotopic (exact) mass is 391 g/mol. The molecule has 3 aliphatic rings. The highest BCUT2D eigenvalue weighted by Gasteiger charge is 2.25. The van der Waals surface area contributed by atoms with E-state index in [1.54, 1.807) is 0 Å². The lowest BCUT2D eigenvalue weighted by Crippen LogP contribution is -2.51. The molecule has 154 valence electrons. The number of hydrogen-bond donors (Lipinski definition) is 1. The number of hydrazine groups is 1. The second-order valence-corrected chi connectivity index (χ2v) is 8.22. The maximum atomic E-state index is 5.48. The van der Waals surface area contributed by atoms with Crippen LogP contribution in [0.3, 0.4) is 0 Å². The lowest BCUT2D eigenvalue weighted by molar-refractivity contribution is 0.00404. The third-order valence-electron chi connectivity index (χ3n) is 6.06. The summed E-state index contributed by atoms with van der Waals surface area (Å²) in [7, 11) is 2.19. The molecule has 1 fully saturated rings. The number of rotatable bonds is 5. The number of benzene rings is 1. The first kappa shape index (κ1) is 20.1. The number of morpholine rings is 1. The summed E-state index contributed by atoms with van der Waals surface area (Å²) in [5.74, 6) is 0.477. The average molecular weight is 392 g/mol. The van der Waals surface area contributed by atoms with E-state index in [4.69, 9.17) is 4.74 Å². The zero-order valence-corrected chi connectivity index (χ0v) is 17.9. The highest BCUT2D eigenvalue weighted by molar-refractivity contribution is 5.77. The number of nitrogens with one attached hydrogen (secondary N) is 1. The molecule has 2 atom stereocenters. The van der Waals surface area contributed by atoms with E-state index >= 15 is 0 Å². The summed E-state index contributed by atoms with van der Waals surface area (Å²) in [5.41, 5.74) is 10.3. The van der Waals surface area contributed by atoms with E-state index in [9.17, 15) is 0 Å². The molecule has 4 heteroatoms. The molecule has 1 aromatic rings. The van der Waals surface area contributed by atoms with E-state index in [1.165, 1.54) is 28.0 Å². The van der Waals surface area contributed by atoms with E-state index in [2.05, 4.69) is 90.9 Å². The van der Waals surface area contributed by atoms with Crippen molar-refractivity contribution in [3.8, 4) is 0 Å². The minimum atomic E-state index is 0.343. The molecule has 2 heterocycles. The molecule has 2 unspecified atom stereocenters. The number of hydrogen-bond acceptors (Lipinski definition) is 4. The predicted octanol–water partition coefficient (Wildman–Crippen LogP) is 3.94. The number of ether oxygens (including phenoxy) is 1. The Morgan fingerprint density at radius 1 is 1.17 bits per heavy atom. The summed E-state index contributed by atoms with van der Waals surface area (Å²) in [5, 5.41) is 2.31. The van der Waals surface area contributed by atoms with Crippen LogP contribution in [0.1, 0.15) is 24.5 Å². The number of likely N-dealkylation sites (N-methyl/N-ethyl adjacent to an activating group) is 1. The maximum Gasteiger partial charge on any atom is 0.0608 e. The SMILES string of the molecule is CCC1C=C(C2=C(c3cccc(C)c3)N(C)CC=C2)C=CC1NN1CCOCC1. The van der Waals surface area contributed by atoms with Crippen LogP contribution >= 0.6 is 0 Å².